The fourth-order valence-corrected chi connectivity index (χ4v) is 3.29. The number of aromatic nitrogens is 2. The van der Waals surface area contributed by atoms with Crippen LogP contribution in [0.15, 0.2) is 42.9 Å². The Labute approximate surface area is 145 Å². The summed E-state index contributed by atoms with van der Waals surface area (Å²) in [5, 5.41) is 0. The molecule has 0 saturated carbocycles. The fraction of sp³-hybridized carbons (Fsp3) is 0.263. The maximum Gasteiger partial charge on any atom is 0.255 e. The molecule has 0 spiro atoms. The lowest BCUT2D eigenvalue weighted by molar-refractivity contribution is 0.0734. The third-order valence-electron chi connectivity index (χ3n) is 4.64. The number of carbonyl (C=O) groups excluding carboxylic acids is 1. The van der Waals surface area contributed by atoms with E-state index in [1.807, 2.05) is 46.0 Å². The third kappa shape index (κ3) is 2.69. The minimum Gasteiger partial charge on any atom is -0.493 e. The minimum atomic E-state index is 0.0241. The first kappa shape index (κ1) is 15.5. The van der Waals surface area contributed by atoms with Gasteiger partial charge < -0.3 is 18.8 Å². The van der Waals surface area contributed by atoms with Gasteiger partial charge in [0, 0.05) is 31.7 Å². The normalized spacial score (nSPS) is 13.6. The van der Waals surface area contributed by atoms with Crippen molar-refractivity contribution < 1.29 is 14.3 Å². The minimum absolute atomic E-state index is 0.0241. The number of rotatable bonds is 3. The molecule has 128 valence electrons. The number of imidazole rings is 1. The highest BCUT2D eigenvalue weighted by Gasteiger charge is 2.24. The molecule has 6 nitrogen and oxygen atoms in total. The Balaban J connectivity index is 1.61. The predicted octanol–water partition coefficient (Wildman–Crippen LogP) is 2.55. The van der Waals surface area contributed by atoms with Gasteiger partial charge in [-0.1, -0.05) is 0 Å². The monoisotopic (exact) mass is 337 g/mol. The number of carbonyl (C=O) groups is 1. The molecule has 3 heterocycles. The molecule has 3 aromatic rings. The van der Waals surface area contributed by atoms with Crippen LogP contribution in [0.25, 0.3) is 5.65 Å². The van der Waals surface area contributed by atoms with Crippen molar-refractivity contribution in [3.8, 4) is 11.5 Å². The molecule has 4 rings (SSSR count). The van der Waals surface area contributed by atoms with E-state index >= 15 is 0 Å². The number of hydrogen-bond donors (Lipinski definition) is 0. The Morgan fingerprint density at radius 1 is 1.12 bits per heavy atom. The van der Waals surface area contributed by atoms with Gasteiger partial charge in [-0.25, -0.2) is 4.98 Å². The second kappa shape index (κ2) is 6.12. The first-order valence-electron chi connectivity index (χ1n) is 8.15. The van der Waals surface area contributed by atoms with Gasteiger partial charge in [0.2, 0.25) is 0 Å². The fourth-order valence-electron chi connectivity index (χ4n) is 3.29. The van der Waals surface area contributed by atoms with Gasteiger partial charge in [-0.05, 0) is 41.8 Å². The molecular weight excluding hydrogens is 318 g/mol. The molecule has 0 saturated heterocycles. The first-order valence-corrected chi connectivity index (χ1v) is 8.15. The highest BCUT2D eigenvalue weighted by atomic mass is 16.5. The molecule has 0 bridgehead atoms. The van der Waals surface area contributed by atoms with E-state index in [1.165, 1.54) is 5.56 Å². The second-order valence-electron chi connectivity index (χ2n) is 6.06. The molecule has 0 atom stereocenters. The largest absolute Gasteiger partial charge is 0.493 e. The van der Waals surface area contributed by atoms with Crippen LogP contribution in [0, 0.1) is 0 Å². The lowest BCUT2D eigenvalue weighted by Gasteiger charge is -2.29. The van der Waals surface area contributed by atoms with E-state index < -0.39 is 0 Å². The zero-order valence-electron chi connectivity index (χ0n) is 14.2. The standard InChI is InChI=1S/C19H19N3O3/c1-24-16-9-13-5-7-22(12-15(13)10-17(16)25-2)19(23)14-3-4-18-20-6-8-21(18)11-14/h3-4,6,8-11H,5,7,12H2,1-2H3. The number of ether oxygens (including phenoxy) is 2. The van der Waals surface area contributed by atoms with Gasteiger partial charge in [0.15, 0.2) is 11.5 Å². The maximum atomic E-state index is 12.9. The average Bonchev–Trinajstić information content (AvgIpc) is 3.13. The number of pyridine rings is 1. The third-order valence-corrected chi connectivity index (χ3v) is 4.64. The second-order valence-corrected chi connectivity index (χ2v) is 6.06. The highest BCUT2D eigenvalue weighted by molar-refractivity contribution is 5.94. The van der Waals surface area contributed by atoms with Gasteiger partial charge in [-0.3, -0.25) is 4.79 Å². The number of benzene rings is 1. The Bertz CT molecular complexity index is 948. The van der Waals surface area contributed by atoms with Crippen LogP contribution >= 0.6 is 0 Å². The van der Waals surface area contributed by atoms with Crippen LogP contribution in [0.4, 0.5) is 0 Å². The summed E-state index contributed by atoms with van der Waals surface area (Å²) in [5.41, 5.74) is 3.79. The summed E-state index contributed by atoms with van der Waals surface area (Å²) >= 11 is 0. The van der Waals surface area contributed by atoms with Gasteiger partial charge in [0.1, 0.15) is 5.65 Å². The van der Waals surface area contributed by atoms with Gasteiger partial charge in [-0.15, -0.1) is 0 Å². The molecular formula is C19H19N3O3. The summed E-state index contributed by atoms with van der Waals surface area (Å²) < 4.78 is 12.6. The zero-order valence-corrected chi connectivity index (χ0v) is 14.2. The Morgan fingerprint density at radius 3 is 2.64 bits per heavy atom. The van der Waals surface area contributed by atoms with Crippen molar-refractivity contribution in [2.45, 2.75) is 13.0 Å². The Kier molecular flexibility index (Phi) is 3.80. The van der Waals surface area contributed by atoms with Crippen LogP contribution in [-0.2, 0) is 13.0 Å². The number of nitrogens with zero attached hydrogens (tertiary/aromatic N) is 3. The van der Waals surface area contributed by atoms with Crippen molar-refractivity contribution >= 4 is 11.6 Å². The summed E-state index contributed by atoms with van der Waals surface area (Å²) in [6, 6.07) is 7.66. The van der Waals surface area contributed by atoms with E-state index in [9.17, 15) is 4.79 Å². The molecule has 0 radical (unpaired) electrons. The van der Waals surface area contributed by atoms with Crippen molar-refractivity contribution in [3.05, 3.63) is 59.5 Å². The number of amides is 1. The van der Waals surface area contributed by atoms with E-state index in [0.717, 1.165) is 23.4 Å². The predicted molar refractivity (Wildman–Crippen MR) is 93.2 cm³/mol. The van der Waals surface area contributed by atoms with Crippen LogP contribution in [0.2, 0.25) is 0 Å². The number of fused-ring (bicyclic) bond motifs is 2. The van der Waals surface area contributed by atoms with E-state index in [1.54, 1.807) is 20.4 Å². The molecule has 0 unspecified atom stereocenters. The summed E-state index contributed by atoms with van der Waals surface area (Å²) in [4.78, 5) is 19.0. The van der Waals surface area contributed by atoms with Crippen molar-refractivity contribution in [2.75, 3.05) is 20.8 Å². The molecule has 1 amide bonds. The maximum absolute atomic E-state index is 12.9. The van der Waals surface area contributed by atoms with Gasteiger partial charge in [0.05, 0.1) is 19.8 Å². The van der Waals surface area contributed by atoms with Gasteiger partial charge in [0.25, 0.3) is 5.91 Å². The zero-order chi connectivity index (χ0) is 17.4. The van der Waals surface area contributed by atoms with E-state index in [0.29, 0.717) is 24.4 Å². The van der Waals surface area contributed by atoms with E-state index in [2.05, 4.69) is 4.98 Å². The average molecular weight is 337 g/mol. The van der Waals surface area contributed by atoms with Crippen molar-refractivity contribution in [1.82, 2.24) is 14.3 Å². The molecule has 1 aliphatic heterocycles. The molecule has 2 aromatic heterocycles. The number of hydrogen-bond acceptors (Lipinski definition) is 4. The summed E-state index contributed by atoms with van der Waals surface area (Å²) in [7, 11) is 3.26. The van der Waals surface area contributed by atoms with Crippen LogP contribution in [0.5, 0.6) is 11.5 Å². The molecule has 0 fully saturated rings. The molecule has 1 aliphatic rings. The van der Waals surface area contributed by atoms with Crippen molar-refractivity contribution in [1.29, 1.82) is 0 Å². The van der Waals surface area contributed by atoms with Crippen LogP contribution < -0.4 is 9.47 Å². The van der Waals surface area contributed by atoms with Crippen molar-refractivity contribution in [3.63, 3.8) is 0 Å². The molecule has 25 heavy (non-hydrogen) atoms. The highest BCUT2D eigenvalue weighted by Crippen LogP contribution is 2.33. The molecule has 6 heteroatoms. The summed E-state index contributed by atoms with van der Waals surface area (Å²) in [6.45, 7) is 1.25. The van der Waals surface area contributed by atoms with Crippen LogP contribution in [0.3, 0.4) is 0 Å². The van der Waals surface area contributed by atoms with Crippen LogP contribution in [0.1, 0.15) is 21.5 Å². The quantitative estimate of drug-likeness (QED) is 0.737. The smallest absolute Gasteiger partial charge is 0.255 e. The molecule has 0 N–H and O–H groups in total. The summed E-state index contributed by atoms with van der Waals surface area (Å²) in [5.74, 6) is 1.44. The lowest BCUT2D eigenvalue weighted by atomic mass is 9.98. The Morgan fingerprint density at radius 2 is 1.88 bits per heavy atom. The van der Waals surface area contributed by atoms with Crippen LogP contribution in [-0.4, -0.2) is 41.0 Å². The van der Waals surface area contributed by atoms with E-state index in [-0.39, 0.29) is 5.91 Å². The van der Waals surface area contributed by atoms with Crippen molar-refractivity contribution in [2.24, 2.45) is 0 Å². The first-order chi connectivity index (χ1) is 12.2. The molecule has 1 aromatic carbocycles. The number of methoxy groups -OCH3 is 2. The topological polar surface area (TPSA) is 56.1 Å². The summed E-state index contributed by atoms with van der Waals surface area (Å²) in [6.07, 6.45) is 6.19. The van der Waals surface area contributed by atoms with Gasteiger partial charge in [-0.2, -0.15) is 0 Å². The SMILES string of the molecule is COc1cc2c(cc1OC)CN(C(=O)c1ccc3nccn3c1)CC2. The van der Waals surface area contributed by atoms with E-state index in [4.69, 9.17) is 9.47 Å². The van der Waals surface area contributed by atoms with Gasteiger partial charge >= 0.3 is 0 Å². The molecule has 0 aliphatic carbocycles. The lowest BCUT2D eigenvalue weighted by Crippen LogP contribution is -2.36. The Hall–Kier alpha value is -3.02.